The van der Waals surface area contributed by atoms with E-state index >= 15 is 0 Å². The van der Waals surface area contributed by atoms with Crippen LogP contribution in [0.2, 0.25) is 0 Å². The Morgan fingerprint density at radius 3 is 1.81 bits per heavy atom. The van der Waals surface area contributed by atoms with Gasteiger partial charge in [-0.05, 0) is 0 Å². The molecule has 0 aliphatic heterocycles. The predicted molar refractivity (Wildman–Crippen MR) is 48.9 cm³/mol. The van der Waals surface area contributed by atoms with Crippen molar-refractivity contribution in [2.75, 3.05) is 13.2 Å². The van der Waals surface area contributed by atoms with E-state index in [1.807, 2.05) is 0 Å². The van der Waals surface area contributed by atoms with Crippen molar-refractivity contribution in [3.8, 4) is 0 Å². The third-order valence-electron chi connectivity index (χ3n) is 0.788. The topological polar surface area (TPSA) is 186 Å². The van der Waals surface area contributed by atoms with E-state index in [0.29, 0.717) is 0 Å². The fraction of sp³-hybridized carbons (Fsp3) is 1.00. The number of phosphoric acid groups is 3. The molecule has 0 rings (SSSR count). The second-order valence-corrected chi connectivity index (χ2v) is 6.63. The minimum absolute atomic E-state index is 0.178. The molecule has 0 fully saturated rings. The molecule has 0 saturated heterocycles. The van der Waals surface area contributed by atoms with Crippen molar-refractivity contribution < 1.29 is 46.4 Å². The van der Waals surface area contributed by atoms with E-state index in [0.717, 1.165) is 0 Å². The van der Waals surface area contributed by atoms with Gasteiger partial charge in [-0.1, -0.05) is 0 Å². The molecule has 0 radical (unpaired) electrons. The van der Waals surface area contributed by atoms with Crippen molar-refractivity contribution in [1.82, 2.24) is 0 Å². The molecule has 0 heterocycles. The fourth-order valence-corrected chi connectivity index (χ4v) is 3.50. The molecule has 0 bridgehead atoms. The van der Waals surface area contributed by atoms with E-state index in [1.165, 1.54) is 0 Å². The van der Waals surface area contributed by atoms with Gasteiger partial charge in [-0.15, -0.1) is 0 Å². The smallest absolute Gasteiger partial charge is 0.328 e. The summed E-state index contributed by atoms with van der Waals surface area (Å²) in [6.07, 6.45) is 0. The lowest BCUT2D eigenvalue weighted by atomic mass is 10.8. The van der Waals surface area contributed by atoms with Crippen molar-refractivity contribution in [2.24, 2.45) is 5.73 Å². The van der Waals surface area contributed by atoms with Crippen molar-refractivity contribution in [3.05, 3.63) is 0 Å². The Morgan fingerprint density at radius 2 is 1.44 bits per heavy atom. The highest BCUT2D eigenvalue weighted by atomic mass is 31.3. The summed E-state index contributed by atoms with van der Waals surface area (Å²) >= 11 is 0. The summed E-state index contributed by atoms with van der Waals surface area (Å²) < 4.78 is 42.6. The van der Waals surface area contributed by atoms with E-state index in [1.54, 1.807) is 0 Å². The Hall–Kier alpha value is 0.370. The minimum Gasteiger partial charge on any atom is -0.328 e. The van der Waals surface area contributed by atoms with Crippen LogP contribution in [0.1, 0.15) is 0 Å². The molecule has 0 aliphatic rings. The van der Waals surface area contributed by atoms with Gasteiger partial charge in [-0.3, -0.25) is 4.52 Å². The summed E-state index contributed by atoms with van der Waals surface area (Å²) in [5.41, 5.74) is 4.90. The summed E-state index contributed by atoms with van der Waals surface area (Å²) in [6.45, 7) is -0.646. The molecule has 14 heteroatoms. The maximum Gasteiger partial charge on any atom is 0.490 e. The number of rotatable bonds is 7. The SMILES string of the molecule is NCCOP(=O)(O)OP(=O)(O)OP(=O)(O)O. The summed E-state index contributed by atoms with van der Waals surface area (Å²) in [5, 5.41) is 0. The Morgan fingerprint density at radius 1 is 0.938 bits per heavy atom. The van der Waals surface area contributed by atoms with Crippen LogP contribution in [0.25, 0.3) is 0 Å². The van der Waals surface area contributed by atoms with Gasteiger partial charge in [0.15, 0.2) is 0 Å². The first-order valence-corrected chi connectivity index (χ1v) is 7.98. The van der Waals surface area contributed by atoms with Crippen LogP contribution >= 0.6 is 23.5 Å². The Kier molecular flexibility index (Phi) is 5.95. The van der Waals surface area contributed by atoms with Gasteiger partial charge in [0, 0.05) is 6.54 Å². The molecule has 0 spiro atoms. The van der Waals surface area contributed by atoms with Crippen LogP contribution in [0.15, 0.2) is 0 Å². The van der Waals surface area contributed by atoms with Gasteiger partial charge in [0.05, 0.1) is 6.61 Å². The first-order valence-electron chi connectivity index (χ1n) is 3.46. The van der Waals surface area contributed by atoms with E-state index in [4.69, 9.17) is 25.3 Å². The molecule has 6 N–H and O–H groups in total. The normalized spacial score (nSPS) is 20.1. The van der Waals surface area contributed by atoms with Crippen molar-refractivity contribution in [1.29, 1.82) is 0 Å². The number of phosphoric ester groups is 1. The van der Waals surface area contributed by atoms with Crippen LogP contribution in [0, 0.1) is 0 Å². The monoisotopic (exact) mass is 301 g/mol. The highest BCUT2D eigenvalue weighted by molar-refractivity contribution is 7.66. The molecule has 0 aliphatic carbocycles. The minimum atomic E-state index is -5.42. The van der Waals surface area contributed by atoms with Gasteiger partial charge in [0.1, 0.15) is 0 Å². The van der Waals surface area contributed by atoms with E-state index in [2.05, 4.69) is 13.1 Å². The lowest BCUT2D eigenvalue weighted by Gasteiger charge is -2.15. The van der Waals surface area contributed by atoms with Crippen molar-refractivity contribution in [3.63, 3.8) is 0 Å². The number of nitrogens with two attached hydrogens (primary N) is 1. The van der Waals surface area contributed by atoms with Crippen LogP contribution in [0.5, 0.6) is 0 Å². The molecule has 2 unspecified atom stereocenters. The van der Waals surface area contributed by atoms with Crippen LogP contribution in [-0.2, 0) is 26.8 Å². The molecule has 0 aromatic carbocycles. The van der Waals surface area contributed by atoms with Crippen LogP contribution < -0.4 is 5.73 Å². The molecule has 11 nitrogen and oxygen atoms in total. The highest BCUT2D eigenvalue weighted by Crippen LogP contribution is 2.66. The molecule has 16 heavy (non-hydrogen) atoms. The van der Waals surface area contributed by atoms with E-state index in [-0.39, 0.29) is 6.54 Å². The second-order valence-electron chi connectivity index (χ2n) is 2.21. The molecular weight excluding hydrogens is 291 g/mol. The molecule has 0 aromatic heterocycles. The summed E-state index contributed by atoms with van der Waals surface area (Å²) in [7, 11) is -15.7. The van der Waals surface area contributed by atoms with Gasteiger partial charge in [0.2, 0.25) is 0 Å². The first kappa shape index (κ1) is 16.4. The fourth-order valence-electron chi connectivity index (χ4n) is 0.471. The Bertz CT molecular complexity index is 359. The zero-order valence-electron chi connectivity index (χ0n) is 7.57. The maximum absolute atomic E-state index is 10.9. The highest BCUT2D eigenvalue weighted by Gasteiger charge is 2.40. The molecule has 0 saturated carbocycles. The van der Waals surface area contributed by atoms with Crippen molar-refractivity contribution in [2.45, 2.75) is 0 Å². The zero-order chi connectivity index (χ0) is 13.0. The van der Waals surface area contributed by atoms with Gasteiger partial charge >= 0.3 is 23.5 Å². The second kappa shape index (κ2) is 5.81. The summed E-state index contributed by atoms with van der Waals surface area (Å²) in [5.74, 6) is 0. The molecule has 2 atom stereocenters. The molecular formula is C2H10NO10P3. The van der Waals surface area contributed by atoms with Crippen LogP contribution in [-0.4, -0.2) is 32.7 Å². The van der Waals surface area contributed by atoms with Crippen LogP contribution in [0.3, 0.4) is 0 Å². The number of hydrogen-bond acceptors (Lipinski definition) is 7. The first-order chi connectivity index (χ1) is 6.97. The molecule has 0 aromatic rings. The van der Waals surface area contributed by atoms with Gasteiger partial charge < -0.3 is 25.3 Å². The summed E-state index contributed by atoms with van der Waals surface area (Å²) in [4.78, 5) is 33.8. The van der Waals surface area contributed by atoms with E-state index in [9.17, 15) is 13.7 Å². The van der Waals surface area contributed by atoms with Gasteiger partial charge in [0.25, 0.3) is 0 Å². The largest absolute Gasteiger partial charge is 0.490 e. The van der Waals surface area contributed by atoms with Gasteiger partial charge in [-0.25, -0.2) is 13.7 Å². The molecule has 0 amide bonds. The lowest BCUT2D eigenvalue weighted by molar-refractivity contribution is 0.175. The number of hydrogen-bond donors (Lipinski definition) is 5. The maximum atomic E-state index is 10.9. The summed E-state index contributed by atoms with van der Waals surface area (Å²) in [6, 6.07) is 0. The third-order valence-corrected chi connectivity index (χ3v) is 4.62. The standard InChI is InChI=1S/C2H10NO10P3/c3-1-2-11-15(7,8)13-16(9,10)12-14(4,5)6/h1-3H2,(H,7,8)(H,9,10)(H2,4,5,6). The Labute approximate surface area is 89.6 Å². The van der Waals surface area contributed by atoms with E-state index < -0.39 is 30.1 Å². The Balaban J connectivity index is 4.52. The molecule has 98 valence electrons. The zero-order valence-corrected chi connectivity index (χ0v) is 10.3. The van der Waals surface area contributed by atoms with Crippen LogP contribution in [0.4, 0.5) is 0 Å². The van der Waals surface area contributed by atoms with Crippen molar-refractivity contribution >= 4 is 23.5 Å². The average Bonchev–Trinajstić information content (AvgIpc) is 1.93. The lowest BCUT2D eigenvalue weighted by Crippen LogP contribution is -2.07. The average molecular weight is 301 g/mol. The quantitative estimate of drug-likeness (QED) is 0.374. The third kappa shape index (κ3) is 8.51. The predicted octanol–water partition coefficient (Wildman–Crippen LogP) is -0.712. The van der Waals surface area contributed by atoms with Gasteiger partial charge in [-0.2, -0.15) is 8.62 Å².